The highest BCUT2D eigenvalue weighted by atomic mass is 32.2. The number of carbonyl (C=O) groups excluding carboxylic acids is 1. The molecule has 1 N–H and O–H groups in total. The van der Waals surface area contributed by atoms with E-state index >= 15 is 0 Å². The summed E-state index contributed by atoms with van der Waals surface area (Å²) in [7, 11) is 1.61. The lowest BCUT2D eigenvalue weighted by Gasteiger charge is -2.19. The molecular weight excluding hydrogens is 494 g/mol. The highest BCUT2D eigenvalue weighted by molar-refractivity contribution is 7.99. The van der Waals surface area contributed by atoms with E-state index in [1.807, 2.05) is 71.5 Å². The number of anilines is 1. The second-order valence-electron chi connectivity index (χ2n) is 8.50. The first-order valence-corrected chi connectivity index (χ1v) is 13.5. The Morgan fingerprint density at radius 2 is 1.78 bits per heavy atom. The Kier molecular flexibility index (Phi) is 8.61. The van der Waals surface area contributed by atoms with Crippen molar-refractivity contribution in [1.82, 2.24) is 19.7 Å². The van der Waals surface area contributed by atoms with Crippen molar-refractivity contribution in [2.45, 2.75) is 38.6 Å². The Morgan fingerprint density at radius 1 is 1.06 bits per heavy atom. The van der Waals surface area contributed by atoms with Crippen LogP contribution in [-0.4, -0.2) is 38.5 Å². The number of thiazole rings is 1. The summed E-state index contributed by atoms with van der Waals surface area (Å²) < 4.78 is 13.6. The minimum Gasteiger partial charge on any atom is -0.493 e. The number of ether oxygens (including phenoxy) is 2. The molecule has 1 amide bonds. The average Bonchev–Trinajstić information content (AvgIpc) is 3.50. The number of hydrogen-bond acceptors (Lipinski definition) is 8. The van der Waals surface area contributed by atoms with E-state index in [1.54, 1.807) is 7.11 Å². The van der Waals surface area contributed by atoms with Gasteiger partial charge in [0.2, 0.25) is 5.91 Å². The third-order valence-corrected chi connectivity index (χ3v) is 6.91. The summed E-state index contributed by atoms with van der Waals surface area (Å²) in [4.78, 5) is 17.2. The van der Waals surface area contributed by atoms with Gasteiger partial charge in [0, 0.05) is 17.5 Å². The number of benzene rings is 2. The van der Waals surface area contributed by atoms with Gasteiger partial charge in [-0.25, -0.2) is 4.98 Å². The number of thioether (sulfide) groups is 1. The largest absolute Gasteiger partial charge is 0.493 e. The molecule has 0 aliphatic rings. The lowest BCUT2D eigenvalue weighted by molar-refractivity contribution is -0.113. The van der Waals surface area contributed by atoms with Gasteiger partial charge in [-0.1, -0.05) is 68.1 Å². The van der Waals surface area contributed by atoms with Crippen molar-refractivity contribution in [3.63, 3.8) is 0 Å². The first-order valence-electron chi connectivity index (χ1n) is 11.6. The van der Waals surface area contributed by atoms with Crippen LogP contribution in [0.1, 0.15) is 32.7 Å². The van der Waals surface area contributed by atoms with Crippen LogP contribution in [0.15, 0.2) is 65.1 Å². The minimum absolute atomic E-state index is 0.145. The van der Waals surface area contributed by atoms with Crippen LogP contribution in [0, 0.1) is 5.92 Å². The molecule has 0 aliphatic heterocycles. The van der Waals surface area contributed by atoms with Crippen molar-refractivity contribution in [3.8, 4) is 22.8 Å². The summed E-state index contributed by atoms with van der Waals surface area (Å²) in [5.74, 6) is 2.40. The number of carbonyl (C=O) groups is 1. The number of nitrogens with zero attached hydrogens (tertiary/aromatic N) is 4. The molecule has 1 atom stereocenters. The second kappa shape index (κ2) is 12.0. The first-order chi connectivity index (χ1) is 17.4. The predicted molar refractivity (Wildman–Crippen MR) is 144 cm³/mol. The molecule has 1 unspecified atom stereocenters. The van der Waals surface area contributed by atoms with Crippen LogP contribution < -0.4 is 14.8 Å². The summed E-state index contributed by atoms with van der Waals surface area (Å²) in [6.45, 7) is 6.90. The second-order valence-corrected chi connectivity index (χ2v) is 10.3. The molecule has 0 saturated carbocycles. The number of hydrogen-bond donors (Lipinski definition) is 1. The molecule has 2 aromatic carbocycles. The minimum atomic E-state index is -0.359. The van der Waals surface area contributed by atoms with Crippen molar-refractivity contribution < 1.29 is 14.3 Å². The van der Waals surface area contributed by atoms with Crippen LogP contribution in [0.5, 0.6) is 11.5 Å². The maximum Gasteiger partial charge on any atom is 0.236 e. The van der Waals surface area contributed by atoms with Crippen molar-refractivity contribution >= 4 is 34.1 Å². The SMILES string of the molecule is COc1ccccc1OC(C)c1nnc(SCC(=O)Nc2nc(-c3ccccc3)cs2)n1CC(C)C. The maximum atomic E-state index is 12.7. The zero-order valence-electron chi connectivity index (χ0n) is 20.7. The van der Waals surface area contributed by atoms with Crippen LogP contribution in [0.4, 0.5) is 5.13 Å². The summed E-state index contributed by atoms with van der Waals surface area (Å²) >= 11 is 2.75. The highest BCUT2D eigenvalue weighted by Crippen LogP contribution is 2.31. The van der Waals surface area contributed by atoms with Crippen molar-refractivity contribution in [2.24, 2.45) is 5.92 Å². The van der Waals surface area contributed by atoms with Gasteiger partial charge in [0.25, 0.3) is 0 Å². The van der Waals surface area contributed by atoms with Gasteiger partial charge in [0.15, 0.2) is 33.7 Å². The number of para-hydroxylation sites is 2. The molecule has 4 aromatic rings. The zero-order chi connectivity index (χ0) is 25.5. The third kappa shape index (κ3) is 6.44. The van der Waals surface area contributed by atoms with Gasteiger partial charge in [-0.15, -0.1) is 21.5 Å². The van der Waals surface area contributed by atoms with E-state index in [2.05, 4.69) is 34.3 Å². The average molecular weight is 524 g/mol. The van der Waals surface area contributed by atoms with E-state index in [-0.39, 0.29) is 17.8 Å². The molecule has 188 valence electrons. The van der Waals surface area contributed by atoms with E-state index in [0.717, 1.165) is 11.3 Å². The van der Waals surface area contributed by atoms with E-state index in [4.69, 9.17) is 9.47 Å². The van der Waals surface area contributed by atoms with Gasteiger partial charge < -0.3 is 19.4 Å². The number of amides is 1. The van der Waals surface area contributed by atoms with E-state index < -0.39 is 0 Å². The Hall–Kier alpha value is -3.37. The fourth-order valence-corrected chi connectivity index (χ4v) is 5.05. The van der Waals surface area contributed by atoms with Gasteiger partial charge in [-0.2, -0.15) is 0 Å². The van der Waals surface area contributed by atoms with Crippen LogP contribution in [0.3, 0.4) is 0 Å². The summed E-state index contributed by atoms with van der Waals surface area (Å²) in [6, 6.07) is 17.4. The number of aromatic nitrogens is 4. The van der Waals surface area contributed by atoms with Crippen molar-refractivity contribution in [2.75, 3.05) is 18.2 Å². The maximum absolute atomic E-state index is 12.7. The first kappa shape index (κ1) is 25.7. The van der Waals surface area contributed by atoms with Gasteiger partial charge in [0.1, 0.15) is 0 Å². The zero-order valence-corrected chi connectivity index (χ0v) is 22.3. The molecule has 0 fully saturated rings. The number of nitrogens with one attached hydrogen (secondary N) is 1. The summed E-state index contributed by atoms with van der Waals surface area (Å²) in [5, 5.41) is 14.8. The lowest BCUT2D eigenvalue weighted by Crippen LogP contribution is -2.17. The quantitative estimate of drug-likeness (QED) is 0.243. The molecule has 0 saturated heterocycles. The Morgan fingerprint density at radius 3 is 2.50 bits per heavy atom. The predicted octanol–water partition coefficient (Wildman–Crippen LogP) is 5.94. The summed E-state index contributed by atoms with van der Waals surface area (Å²) in [6.07, 6.45) is -0.359. The Balaban J connectivity index is 1.42. The monoisotopic (exact) mass is 523 g/mol. The molecule has 0 aliphatic carbocycles. The van der Waals surface area contributed by atoms with Crippen molar-refractivity contribution in [3.05, 3.63) is 65.8 Å². The highest BCUT2D eigenvalue weighted by Gasteiger charge is 2.22. The molecule has 2 heterocycles. The van der Waals surface area contributed by atoms with Gasteiger partial charge in [0.05, 0.1) is 18.6 Å². The molecule has 4 rings (SSSR count). The van der Waals surface area contributed by atoms with Crippen LogP contribution in [0.25, 0.3) is 11.3 Å². The topological polar surface area (TPSA) is 91.2 Å². The Bertz CT molecular complexity index is 1290. The van der Waals surface area contributed by atoms with Gasteiger partial charge in [-0.3, -0.25) is 4.79 Å². The molecule has 2 aromatic heterocycles. The van der Waals surface area contributed by atoms with E-state index in [9.17, 15) is 4.79 Å². The molecule has 0 spiro atoms. The van der Waals surface area contributed by atoms with Crippen LogP contribution >= 0.6 is 23.1 Å². The van der Waals surface area contributed by atoms with Crippen LogP contribution in [-0.2, 0) is 11.3 Å². The van der Waals surface area contributed by atoms with Crippen LogP contribution in [0.2, 0.25) is 0 Å². The van der Waals surface area contributed by atoms with E-state index in [0.29, 0.717) is 40.1 Å². The Labute approximate surface area is 219 Å². The molecule has 10 heteroatoms. The molecule has 36 heavy (non-hydrogen) atoms. The third-order valence-electron chi connectivity index (χ3n) is 5.18. The van der Waals surface area contributed by atoms with E-state index in [1.165, 1.54) is 23.1 Å². The standard InChI is InChI=1S/C26H29N5O3S2/c1-17(2)14-31-24(18(3)34-22-13-9-8-12-21(22)33-4)29-30-26(31)36-16-23(32)28-25-27-20(15-35-25)19-10-6-5-7-11-19/h5-13,15,17-18H,14,16H2,1-4H3,(H,27,28,32). The van der Waals surface area contributed by atoms with Gasteiger partial charge >= 0.3 is 0 Å². The fourth-order valence-electron chi connectivity index (χ4n) is 3.56. The van der Waals surface area contributed by atoms with Gasteiger partial charge in [-0.05, 0) is 25.0 Å². The fraction of sp³-hybridized carbons (Fsp3) is 0.308. The molecule has 8 nitrogen and oxygen atoms in total. The smallest absolute Gasteiger partial charge is 0.236 e. The van der Waals surface area contributed by atoms with Crippen molar-refractivity contribution in [1.29, 1.82) is 0 Å². The summed E-state index contributed by atoms with van der Waals surface area (Å²) in [5.41, 5.74) is 1.86. The molecule has 0 radical (unpaired) electrons. The molecular formula is C26H29N5O3S2. The number of rotatable bonds is 11. The number of methoxy groups -OCH3 is 1. The lowest BCUT2D eigenvalue weighted by atomic mass is 10.2. The normalized spacial score (nSPS) is 11.9. The molecule has 0 bridgehead atoms.